The molecule has 2 aliphatic heterocycles. The third-order valence-electron chi connectivity index (χ3n) is 7.27. The van der Waals surface area contributed by atoms with Gasteiger partial charge in [-0.25, -0.2) is 4.79 Å². The number of carbonyl (C=O) groups is 1. The van der Waals surface area contributed by atoms with E-state index in [9.17, 15) is 9.90 Å². The monoisotopic (exact) mass is 441 g/mol. The van der Waals surface area contributed by atoms with Crippen molar-refractivity contribution in [3.05, 3.63) is 64.7 Å². The molecule has 2 aromatic carbocycles. The second-order valence-corrected chi connectivity index (χ2v) is 10.0. The van der Waals surface area contributed by atoms with Gasteiger partial charge in [0.05, 0.1) is 11.2 Å². The summed E-state index contributed by atoms with van der Waals surface area (Å²) in [4.78, 5) is 13.0. The number of benzene rings is 2. The molecule has 164 valence electrons. The quantitative estimate of drug-likeness (QED) is 0.702. The van der Waals surface area contributed by atoms with Crippen molar-refractivity contribution in [3.8, 4) is 0 Å². The van der Waals surface area contributed by atoms with Crippen LogP contribution in [0.5, 0.6) is 0 Å². The predicted octanol–water partition coefficient (Wildman–Crippen LogP) is 4.70. The van der Waals surface area contributed by atoms with Gasteiger partial charge < -0.3 is 19.3 Å². The Kier molecular flexibility index (Phi) is 5.61. The fourth-order valence-corrected chi connectivity index (χ4v) is 4.66. The first-order valence-electron chi connectivity index (χ1n) is 10.7. The van der Waals surface area contributed by atoms with Crippen molar-refractivity contribution in [2.75, 3.05) is 13.1 Å². The van der Waals surface area contributed by atoms with E-state index < -0.39 is 13.2 Å². The summed E-state index contributed by atoms with van der Waals surface area (Å²) < 4.78 is 12.4. The van der Waals surface area contributed by atoms with Crippen LogP contribution in [0, 0.1) is 0 Å². The van der Waals surface area contributed by atoms with E-state index in [2.05, 4.69) is 36.4 Å². The lowest BCUT2D eigenvalue weighted by Gasteiger charge is -2.42. The molecule has 4 rings (SSSR count). The third kappa shape index (κ3) is 3.97. The van der Waals surface area contributed by atoms with Crippen LogP contribution in [0.4, 0.5) is 4.79 Å². The van der Waals surface area contributed by atoms with Gasteiger partial charge in [-0.15, -0.1) is 0 Å². The molecule has 2 aliphatic rings. The first kappa shape index (κ1) is 22.2. The number of rotatable bonds is 3. The van der Waals surface area contributed by atoms with Gasteiger partial charge in [-0.2, -0.15) is 0 Å². The zero-order valence-corrected chi connectivity index (χ0v) is 19.3. The highest BCUT2D eigenvalue weighted by Gasteiger charge is 2.51. The summed E-state index contributed by atoms with van der Waals surface area (Å²) in [5, 5.41) is 10.1. The van der Waals surface area contributed by atoms with Crippen molar-refractivity contribution < 1.29 is 19.2 Å². The minimum atomic E-state index is -0.860. The van der Waals surface area contributed by atoms with E-state index in [4.69, 9.17) is 20.9 Å². The molecule has 7 heteroatoms. The van der Waals surface area contributed by atoms with Crippen LogP contribution in [-0.2, 0) is 14.7 Å². The zero-order chi connectivity index (χ0) is 22.4. The van der Waals surface area contributed by atoms with E-state index in [0.717, 1.165) is 23.9 Å². The third-order valence-corrected chi connectivity index (χ3v) is 7.52. The molecular weight excluding hydrogens is 413 g/mol. The number of piperidine rings is 1. The zero-order valence-electron chi connectivity index (χ0n) is 18.5. The lowest BCUT2D eigenvalue weighted by molar-refractivity contribution is 0.00578. The molecule has 0 radical (unpaired) electrons. The number of amides is 1. The highest BCUT2D eigenvalue weighted by Crippen LogP contribution is 2.42. The summed E-state index contributed by atoms with van der Waals surface area (Å²) in [6, 6.07) is 16.3. The van der Waals surface area contributed by atoms with Crippen LogP contribution in [0.1, 0.15) is 51.7 Å². The summed E-state index contributed by atoms with van der Waals surface area (Å²) in [5.74, 6) is 0. The topological polar surface area (TPSA) is 59.0 Å². The molecule has 0 spiro atoms. The first-order chi connectivity index (χ1) is 14.5. The van der Waals surface area contributed by atoms with Gasteiger partial charge in [0.1, 0.15) is 0 Å². The van der Waals surface area contributed by atoms with Gasteiger partial charge in [-0.1, -0.05) is 48.0 Å². The van der Waals surface area contributed by atoms with Crippen LogP contribution in [0.2, 0.25) is 5.02 Å². The Bertz CT molecular complexity index is 935. The van der Waals surface area contributed by atoms with Crippen molar-refractivity contribution >= 4 is 30.3 Å². The van der Waals surface area contributed by atoms with Crippen LogP contribution < -0.4 is 5.46 Å². The summed E-state index contributed by atoms with van der Waals surface area (Å²) in [6.45, 7) is 9.19. The SMILES string of the molecule is CC1(C)OB(c2ccc(C3(c4ccc(Cl)cc4)CCN(C(=O)O)CC3)cc2)OC1(C)C. The molecule has 0 aromatic heterocycles. The predicted molar refractivity (Wildman–Crippen MR) is 123 cm³/mol. The highest BCUT2D eigenvalue weighted by atomic mass is 35.5. The van der Waals surface area contributed by atoms with Gasteiger partial charge in [-0.05, 0) is 69.3 Å². The largest absolute Gasteiger partial charge is 0.494 e. The van der Waals surface area contributed by atoms with Crippen LogP contribution >= 0.6 is 11.6 Å². The fourth-order valence-electron chi connectivity index (χ4n) is 4.53. The lowest BCUT2D eigenvalue weighted by Crippen LogP contribution is -2.45. The number of hydrogen-bond donors (Lipinski definition) is 1. The standard InChI is InChI=1S/C24H29BClNO4/c1-22(2)23(3,4)31-25(30-22)19-9-5-17(6-10-19)24(18-7-11-20(26)12-8-18)13-15-27(16-14-24)21(28)29/h5-12H,13-16H2,1-4H3,(H,28,29). The molecule has 0 saturated carbocycles. The van der Waals surface area contributed by atoms with E-state index in [1.54, 1.807) is 0 Å². The van der Waals surface area contributed by atoms with Crippen LogP contribution in [0.3, 0.4) is 0 Å². The average molecular weight is 442 g/mol. The first-order valence-corrected chi connectivity index (χ1v) is 11.1. The summed E-state index contributed by atoms with van der Waals surface area (Å²) in [6.07, 6.45) is 0.578. The Hall–Kier alpha value is -2.02. The minimum Gasteiger partial charge on any atom is -0.465 e. The molecular formula is C24H29BClNO4. The summed E-state index contributed by atoms with van der Waals surface area (Å²) >= 11 is 6.13. The molecule has 5 nitrogen and oxygen atoms in total. The van der Waals surface area contributed by atoms with Crippen LogP contribution in [-0.4, -0.2) is 47.5 Å². The Balaban J connectivity index is 1.65. The Morgan fingerprint density at radius 1 is 0.903 bits per heavy atom. The van der Waals surface area contributed by atoms with Crippen molar-refractivity contribution in [1.29, 1.82) is 0 Å². The van der Waals surface area contributed by atoms with Crippen LogP contribution in [0.25, 0.3) is 0 Å². The van der Waals surface area contributed by atoms with Crippen LogP contribution in [0.15, 0.2) is 48.5 Å². The highest BCUT2D eigenvalue weighted by molar-refractivity contribution is 6.62. The van der Waals surface area contributed by atoms with Gasteiger partial charge in [0.25, 0.3) is 0 Å². The number of carboxylic acid groups (broad SMARTS) is 1. The molecule has 2 fully saturated rings. The van der Waals surface area contributed by atoms with Crippen molar-refractivity contribution in [3.63, 3.8) is 0 Å². The fraction of sp³-hybridized carbons (Fsp3) is 0.458. The molecule has 31 heavy (non-hydrogen) atoms. The molecule has 2 saturated heterocycles. The smallest absolute Gasteiger partial charge is 0.465 e. The maximum atomic E-state index is 11.5. The van der Waals surface area contributed by atoms with Gasteiger partial charge in [0.15, 0.2) is 0 Å². The Labute approximate surface area is 189 Å². The Morgan fingerprint density at radius 2 is 1.35 bits per heavy atom. The Morgan fingerprint density at radius 3 is 1.81 bits per heavy atom. The minimum absolute atomic E-state index is 0.259. The number of halogens is 1. The molecule has 1 N–H and O–H groups in total. The van der Waals surface area contributed by atoms with Gasteiger partial charge >= 0.3 is 13.2 Å². The summed E-state index contributed by atoms with van der Waals surface area (Å²) in [7, 11) is -0.403. The van der Waals surface area contributed by atoms with Crippen molar-refractivity contribution in [2.45, 2.75) is 57.2 Å². The van der Waals surface area contributed by atoms with Gasteiger partial charge in [-0.3, -0.25) is 0 Å². The van der Waals surface area contributed by atoms with Crippen molar-refractivity contribution in [1.82, 2.24) is 4.90 Å². The normalized spacial score (nSPS) is 21.8. The molecule has 2 aromatic rings. The number of hydrogen-bond acceptors (Lipinski definition) is 3. The van der Waals surface area contributed by atoms with E-state index in [-0.39, 0.29) is 16.6 Å². The second-order valence-electron chi connectivity index (χ2n) is 9.57. The number of likely N-dealkylation sites (tertiary alicyclic amines) is 1. The molecule has 1 amide bonds. The lowest BCUT2D eigenvalue weighted by atomic mass is 9.67. The van der Waals surface area contributed by atoms with E-state index >= 15 is 0 Å². The maximum absolute atomic E-state index is 11.5. The van der Waals surface area contributed by atoms with E-state index in [1.165, 1.54) is 10.5 Å². The molecule has 0 unspecified atom stereocenters. The molecule has 0 bridgehead atoms. The van der Waals surface area contributed by atoms with Gasteiger partial charge in [0, 0.05) is 23.5 Å². The average Bonchev–Trinajstić information content (AvgIpc) is 2.96. The summed E-state index contributed by atoms with van der Waals surface area (Å²) in [5.41, 5.74) is 2.28. The maximum Gasteiger partial charge on any atom is 0.494 e. The van der Waals surface area contributed by atoms with E-state index in [1.807, 2.05) is 39.8 Å². The molecule has 2 heterocycles. The number of nitrogens with zero attached hydrogens (tertiary/aromatic N) is 1. The molecule has 0 atom stereocenters. The van der Waals surface area contributed by atoms with E-state index in [0.29, 0.717) is 18.1 Å². The van der Waals surface area contributed by atoms with Crippen molar-refractivity contribution in [2.24, 2.45) is 0 Å². The molecule has 0 aliphatic carbocycles. The van der Waals surface area contributed by atoms with Gasteiger partial charge in [0.2, 0.25) is 0 Å². The second kappa shape index (κ2) is 7.84.